The van der Waals surface area contributed by atoms with Crippen molar-refractivity contribution in [2.45, 2.75) is 55.5 Å². The normalized spacial score (nSPS) is 18.9. The fourth-order valence-electron chi connectivity index (χ4n) is 6.83. The number of nitrogens with zero attached hydrogens (tertiary/aromatic N) is 2. The number of rotatable bonds is 7. The SMILES string of the molecule is CCNC(=O)C(=O)N1CCC2(CC1)c1cc(C(=O)NCc3ccccc3Cl)ccc1N(S(=O)(=O)c1ccc(F)cc1)C2C1CC1. The van der Waals surface area contributed by atoms with Crippen LogP contribution in [0.3, 0.4) is 0 Å². The van der Waals surface area contributed by atoms with Crippen LogP contribution in [0.15, 0.2) is 71.6 Å². The van der Waals surface area contributed by atoms with Crippen LogP contribution in [0, 0.1) is 11.7 Å². The summed E-state index contributed by atoms with van der Waals surface area (Å²) in [6.45, 7) is 2.80. The van der Waals surface area contributed by atoms with Crippen LogP contribution in [0.5, 0.6) is 0 Å². The summed E-state index contributed by atoms with van der Waals surface area (Å²) in [6.07, 6.45) is 2.49. The molecule has 3 aromatic carbocycles. The van der Waals surface area contributed by atoms with Gasteiger partial charge in [-0.05, 0) is 98.2 Å². The quantitative estimate of drug-likeness (QED) is 0.368. The van der Waals surface area contributed by atoms with Gasteiger partial charge in [0.15, 0.2) is 0 Å². The van der Waals surface area contributed by atoms with E-state index in [9.17, 15) is 27.2 Å². The van der Waals surface area contributed by atoms with Crippen molar-refractivity contribution >= 4 is 45.0 Å². The molecule has 1 saturated carbocycles. The van der Waals surface area contributed by atoms with Gasteiger partial charge in [0.2, 0.25) is 0 Å². The number of fused-ring (bicyclic) bond motifs is 2. The molecule has 2 fully saturated rings. The predicted octanol–water partition coefficient (Wildman–Crippen LogP) is 4.39. The molecule has 3 amide bonds. The van der Waals surface area contributed by atoms with Gasteiger partial charge in [-0.2, -0.15) is 0 Å². The number of hydrogen-bond donors (Lipinski definition) is 2. The Balaban J connectivity index is 1.39. The molecule has 0 bridgehead atoms. The van der Waals surface area contributed by atoms with E-state index in [1.807, 2.05) is 18.2 Å². The maximum absolute atomic E-state index is 14.3. The van der Waals surface area contributed by atoms with E-state index in [4.69, 9.17) is 11.6 Å². The van der Waals surface area contributed by atoms with E-state index in [1.165, 1.54) is 21.3 Å². The Morgan fingerprint density at radius 1 is 0.978 bits per heavy atom. The highest BCUT2D eigenvalue weighted by atomic mass is 35.5. The fraction of sp³-hybridized carbons (Fsp3) is 0.364. The van der Waals surface area contributed by atoms with Gasteiger partial charge in [0, 0.05) is 42.2 Å². The average Bonchev–Trinajstić information content (AvgIpc) is 3.84. The Labute approximate surface area is 266 Å². The first-order chi connectivity index (χ1) is 21.6. The number of likely N-dealkylation sites (tertiary alicyclic amines) is 1. The molecule has 3 aromatic rings. The smallest absolute Gasteiger partial charge is 0.311 e. The molecule has 3 aliphatic rings. The van der Waals surface area contributed by atoms with Crippen molar-refractivity contribution in [1.29, 1.82) is 0 Å². The van der Waals surface area contributed by atoms with Crippen LogP contribution in [0.4, 0.5) is 10.1 Å². The number of halogens is 2. The summed E-state index contributed by atoms with van der Waals surface area (Å²) in [5, 5.41) is 6.01. The predicted molar refractivity (Wildman–Crippen MR) is 168 cm³/mol. The summed E-state index contributed by atoms with van der Waals surface area (Å²) in [4.78, 5) is 40.1. The van der Waals surface area contributed by atoms with Gasteiger partial charge in [0.1, 0.15) is 5.82 Å². The van der Waals surface area contributed by atoms with E-state index in [2.05, 4.69) is 10.6 Å². The van der Waals surface area contributed by atoms with Gasteiger partial charge in [-0.3, -0.25) is 18.7 Å². The van der Waals surface area contributed by atoms with Crippen molar-refractivity contribution in [3.63, 3.8) is 0 Å². The van der Waals surface area contributed by atoms with Gasteiger partial charge >= 0.3 is 11.8 Å². The first-order valence-electron chi connectivity index (χ1n) is 15.1. The van der Waals surface area contributed by atoms with Gasteiger partial charge < -0.3 is 15.5 Å². The Bertz CT molecular complexity index is 1750. The van der Waals surface area contributed by atoms with Crippen molar-refractivity contribution in [1.82, 2.24) is 15.5 Å². The molecule has 1 spiro atoms. The van der Waals surface area contributed by atoms with E-state index in [1.54, 1.807) is 31.2 Å². The number of amides is 3. The van der Waals surface area contributed by atoms with Crippen molar-refractivity contribution < 1.29 is 27.2 Å². The summed E-state index contributed by atoms with van der Waals surface area (Å²) < 4.78 is 43.9. The number of anilines is 1. The molecule has 236 valence electrons. The van der Waals surface area contributed by atoms with E-state index in [-0.39, 0.29) is 36.4 Å². The summed E-state index contributed by atoms with van der Waals surface area (Å²) in [6, 6.07) is 16.6. The van der Waals surface area contributed by atoms with E-state index in [0.717, 1.165) is 36.1 Å². The van der Waals surface area contributed by atoms with Crippen LogP contribution in [0.1, 0.15) is 54.1 Å². The minimum absolute atomic E-state index is 0.0250. The Morgan fingerprint density at radius 3 is 2.31 bits per heavy atom. The first-order valence-corrected chi connectivity index (χ1v) is 16.9. The molecule has 2 aliphatic heterocycles. The molecule has 2 N–H and O–H groups in total. The summed E-state index contributed by atoms with van der Waals surface area (Å²) in [5.41, 5.74) is 1.62. The van der Waals surface area contributed by atoms with Crippen LogP contribution < -0.4 is 14.9 Å². The number of carbonyl (C=O) groups excluding carboxylic acids is 3. The summed E-state index contributed by atoms with van der Waals surface area (Å²) >= 11 is 6.28. The molecular weight excluding hydrogens is 619 g/mol. The van der Waals surface area contributed by atoms with E-state index in [0.29, 0.717) is 35.7 Å². The van der Waals surface area contributed by atoms with Crippen LogP contribution >= 0.6 is 11.6 Å². The van der Waals surface area contributed by atoms with Crippen molar-refractivity contribution in [2.75, 3.05) is 23.9 Å². The van der Waals surface area contributed by atoms with Gasteiger partial charge in [-0.25, -0.2) is 12.8 Å². The molecular formula is C33H34ClFN4O5S. The minimum Gasteiger partial charge on any atom is -0.348 e. The van der Waals surface area contributed by atoms with Crippen LogP contribution in [0.25, 0.3) is 0 Å². The van der Waals surface area contributed by atoms with Crippen LogP contribution in [-0.2, 0) is 31.6 Å². The number of piperidine rings is 1. The largest absolute Gasteiger partial charge is 0.348 e. The number of sulfonamides is 1. The van der Waals surface area contributed by atoms with Gasteiger partial charge in [-0.1, -0.05) is 29.8 Å². The highest BCUT2D eigenvalue weighted by molar-refractivity contribution is 7.92. The Morgan fingerprint density at radius 2 is 1.67 bits per heavy atom. The Hall–Kier alpha value is -3.96. The van der Waals surface area contributed by atoms with Crippen LogP contribution in [-0.4, -0.2) is 56.7 Å². The molecule has 1 aliphatic carbocycles. The van der Waals surface area contributed by atoms with Gasteiger partial charge in [-0.15, -0.1) is 0 Å². The lowest BCUT2D eigenvalue weighted by atomic mass is 9.68. The topological polar surface area (TPSA) is 116 Å². The van der Waals surface area contributed by atoms with Gasteiger partial charge in [0.05, 0.1) is 16.6 Å². The third-order valence-corrected chi connectivity index (χ3v) is 11.3. The second-order valence-electron chi connectivity index (χ2n) is 11.9. The fourth-order valence-corrected chi connectivity index (χ4v) is 8.83. The highest BCUT2D eigenvalue weighted by Crippen LogP contribution is 2.59. The minimum atomic E-state index is -4.13. The molecule has 1 unspecified atom stereocenters. The third kappa shape index (κ3) is 5.68. The maximum Gasteiger partial charge on any atom is 0.311 e. The number of carbonyl (C=O) groups is 3. The first kappa shape index (κ1) is 31.0. The molecule has 12 heteroatoms. The van der Waals surface area contributed by atoms with Crippen molar-refractivity contribution in [3.8, 4) is 0 Å². The molecule has 6 rings (SSSR count). The summed E-state index contributed by atoms with van der Waals surface area (Å²) in [5.74, 6) is -2.09. The maximum atomic E-state index is 14.3. The molecule has 0 radical (unpaired) electrons. The molecule has 0 aromatic heterocycles. The average molecular weight is 653 g/mol. The van der Waals surface area contributed by atoms with Gasteiger partial charge in [0.25, 0.3) is 15.9 Å². The van der Waals surface area contributed by atoms with Crippen LogP contribution in [0.2, 0.25) is 5.02 Å². The molecule has 2 heterocycles. The molecule has 1 saturated heterocycles. The zero-order valence-electron chi connectivity index (χ0n) is 24.8. The number of likely N-dealkylation sites (N-methyl/N-ethyl adjacent to an activating group) is 1. The van der Waals surface area contributed by atoms with E-state index >= 15 is 0 Å². The van der Waals surface area contributed by atoms with E-state index < -0.39 is 39.1 Å². The lowest BCUT2D eigenvalue weighted by Crippen LogP contribution is -2.56. The highest BCUT2D eigenvalue weighted by Gasteiger charge is 2.60. The lowest BCUT2D eigenvalue weighted by molar-refractivity contribution is -0.146. The second kappa shape index (κ2) is 12.1. The lowest BCUT2D eigenvalue weighted by Gasteiger charge is -2.45. The van der Waals surface area contributed by atoms with Crippen molar-refractivity contribution in [3.05, 3.63) is 94.3 Å². The Kier molecular flexibility index (Phi) is 8.34. The number of benzene rings is 3. The monoisotopic (exact) mass is 652 g/mol. The van der Waals surface area contributed by atoms with Crippen molar-refractivity contribution in [2.24, 2.45) is 5.92 Å². The zero-order valence-corrected chi connectivity index (χ0v) is 26.3. The zero-order chi connectivity index (χ0) is 31.9. The second-order valence-corrected chi connectivity index (χ2v) is 14.1. The molecule has 1 atom stereocenters. The number of hydrogen-bond acceptors (Lipinski definition) is 5. The molecule has 45 heavy (non-hydrogen) atoms. The summed E-state index contributed by atoms with van der Waals surface area (Å²) in [7, 11) is -4.13. The molecule has 9 nitrogen and oxygen atoms in total. The number of nitrogens with one attached hydrogen (secondary N) is 2. The standard InChI is InChI=1S/C33H34ClFN4O5S/c1-2-36-31(41)32(42)38-17-15-33(16-18-38)26-19-22(30(40)37-20-23-5-3-4-6-27(23)34)9-14-28(26)39(29(33)21-7-8-21)45(43,44)25-12-10-24(35)11-13-25/h3-6,9-14,19,21,29H,2,7-8,15-18,20H2,1H3,(H,36,41)(H,37,40). The third-order valence-electron chi connectivity index (χ3n) is 9.16.